The van der Waals surface area contributed by atoms with Crippen molar-refractivity contribution in [2.45, 2.75) is 6.10 Å². The highest BCUT2D eigenvalue weighted by Gasteiger charge is 2.30. The molecule has 3 nitrogen and oxygen atoms in total. The van der Waals surface area contributed by atoms with Crippen molar-refractivity contribution in [1.82, 2.24) is 4.90 Å². The van der Waals surface area contributed by atoms with Crippen LogP contribution in [0.5, 0.6) is 5.75 Å². The molecule has 16 heavy (non-hydrogen) atoms. The Balaban J connectivity index is 1.83. The van der Waals surface area contributed by atoms with Crippen molar-refractivity contribution in [3.8, 4) is 5.75 Å². The standard InChI is InChI=1S/C12H12ClNO2/c1-2-12(15)14-7-11(8-14)16-10-5-3-9(13)4-6-10/h2-6,11H,1,7-8H2. The number of benzene rings is 1. The summed E-state index contributed by atoms with van der Waals surface area (Å²) in [5, 5.41) is 0.685. The molecule has 0 unspecified atom stereocenters. The van der Waals surface area contributed by atoms with Crippen molar-refractivity contribution < 1.29 is 9.53 Å². The number of nitrogens with zero attached hydrogens (tertiary/aromatic N) is 1. The molecular formula is C12H12ClNO2. The number of ether oxygens (including phenoxy) is 1. The summed E-state index contributed by atoms with van der Waals surface area (Å²) in [4.78, 5) is 12.9. The first kappa shape index (κ1) is 11.0. The Morgan fingerprint density at radius 1 is 1.44 bits per heavy atom. The van der Waals surface area contributed by atoms with Crippen LogP contribution in [0.4, 0.5) is 0 Å². The molecule has 0 spiro atoms. The Hall–Kier alpha value is -1.48. The lowest BCUT2D eigenvalue weighted by Gasteiger charge is -2.38. The summed E-state index contributed by atoms with van der Waals surface area (Å²) in [5.41, 5.74) is 0. The minimum absolute atomic E-state index is 0.0454. The van der Waals surface area contributed by atoms with Crippen LogP contribution in [0.3, 0.4) is 0 Å². The molecule has 1 heterocycles. The van der Waals surface area contributed by atoms with E-state index in [0.717, 1.165) is 5.75 Å². The van der Waals surface area contributed by atoms with Crippen LogP contribution in [-0.4, -0.2) is 30.0 Å². The van der Waals surface area contributed by atoms with Gasteiger partial charge in [-0.15, -0.1) is 0 Å². The lowest BCUT2D eigenvalue weighted by molar-refractivity contribution is -0.134. The van der Waals surface area contributed by atoms with Crippen LogP contribution in [-0.2, 0) is 4.79 Å². The van der Waals surface area contributed by atoms with Gasteiger partial charge in [0.15, 0.2) is 0 Å². The average molecular weight is 238 g/mol. The van der Waals surface area contributed by atoms with E-state index in [-0.39, 0.29) is 12.0 Å². The van der Waals surface area contributed by atoms with Crippen LogP contribution in [0.25, 0.3) is 0 Å². The first-order valence-corrected chi connectivity index (χ1v) is 5.40. The number of hydrogen-bond donors (Lipinski definition) is 0. The van der Waals surface area contributed by atoms with Crippen molar-refractivity contribution in [2.75, 3.05) is 13.1 Å². The van der Waals surface area contributed by atoms with Crippen LogP contribution < -0.4 is 4.74 Å². The second-order valence-corrected chi connectivity index (χ2v) is 4.08. The monoisotopic (exact) mass is 237 g/mol. The highest BCUT2D eigenvalue weighted by molar-refractivity contribution is 6.30. The molecule has 4 heteroatoms. The number of carbonyl (C=O) groups is 1. The molecule has 1 saturated heterocycles. The second-order valence-electron chi connectivity index (χ2n) is 3.64. The van der Waals surface area contributed by atoms with Gasteiger partial charge in [0.2, 0.25) is 5.91 Å². The summed E-state index contributed by atoms with van der Waals surface area (Å²) >= 11 is 5.76. The molecule has 0 aromatic heterocycles. The molecule has 1 aromatic carbocycles. The Labute approximate surface area is 99.3 Å². The van der Waals surface area contributed by atoms with E-state index in [4.69, 9.17) is 16.3 Å². The first-order valence-electron chi connectivity index (χ1n) is 5.02. The summed E-state index contributed by atoms with van der Waals surface area (Å²) in [5.74, 6) is 0.732. The maximum Gasteiger partial charge on any atom is 0.246 e. The van der Waals surface area contributed by atoms with Crippen molar-refractivity contribution >= 4 is 17.5 Å². The molecule has 1 fully saturated rings. The van der Waals surface area contributed by atoms with E-state index in [1.807, 2.05) is 12.1 Å². The van der Waals surface area contributed by atoms with Crippen molar-refractivity contribution in [1.29, 1.82) is 0 Å². The summed E-state index contributed by atoms with van der Waals surface area (Å²) in [6, 6.07) is 7.20. The fraction of sp³-hybridized carbons (Fsp3) is 0.250. The second kappa shape index (κ2) is 4.58. The van der Waals surface area contributed by atoms with E-state index in [2.05, 4.69) is 6.58 Å². The predicted molar refractivity (Wildman–Crippen MR) is 62.6 cm³/mol. The largest absolute Gasteiger partial charge is 0.487 e. The number of likely N-dealkylation sites (tertiary alicyclic amines) is 1. The van der Waals surface area contributed by atoms with Gasteiger partial charge in [0.25, 0.3) is 0 Å². The Kier molecular flexibility index (Phi) is 3.15. The third-order valence-corrected chi connectivity index (χ3v) is 2.70. The van der Waals surface area contributed by atoms with Crippen LogP contribution in [0.2, 0.25) is 5.02 Å². The van der Waals surface area contributed by atoms with Crippen LogP contribution in [0, 0.1) is 0 Å². The molecule has 84 valence electrons. The Morgan fingerprint density at radius 2 is 2.06 bits per heavy atom. The summed E-state index contributed by atoms with van der Waals surface area (Å²) in [6.07, 6.45) is 1.39. The quantitative estimate of drug-likeness (QED) is 0.754. The zero-order valence-electron chi connectivity index (χ0n) is 8.73. The van der Waals surface area contributed by atoms with E-state index >= 15 is 0 Å². The van der Waals surface area contributed by atoms with Gasteiger partial charge in [-0.3, -0.25) is 4.79 Å². The van der Waals surface area contributed by atoms with Gasteiger partial charge < -0.3 is 9.64 Å². The van der Waals surface area contributed by atoms with Crippen molar-refractivity contribution in [2.24, 2.45) is 0 Å². The fourth-order valence-electron chi connectivity index (χ4n) is 1.53. The van der Waals surface area contributed by atoms with Gasteiger partial charge in [0.05, 0.1) is 13.1 Å². The van der Waals surface area contributed by atoms with Gasteiger partial charge in [-0.2, -0.15) is 0 Å². The summed E-state index contributed by atoms with van der Waals surface area (Å²) in [7, 11) is 0. The number of hydrogen-bond acceptors (Lipinski definition) is 2. The number of amides is 1. The summed E-state index contributed by atoms with van der Waals surface area (Å²) < 4.78 is 5.64. The van der Waals surface area contributed by atoms with E-state index in [1.165, 1.54) is 6.08 Å². The van der Waals surface area contributed by atoms with Gasteiger partial charge in [0, 0.05) is 5.02 Å². The van der Waals surface area contributed by atoms with E-state index in [0.29, 0.717) is 18.1 Å². The SMILES string of the molecule is C=CC(=O)N1CC(Oc2ccc(Cl)cc2)C1. The number of halogens is 1. The molecule has 0 N–H and O–H groups in total. The molecule has 1 aromatic rings. The van der Waals surface area contributed by atoms with Gasteiger partial charge in [-0.1, -0.05) is 18.2 Å². The average Bonchev–Trinajstić information content (AvgIpc) is 2.24. The van der Waals surface area contributed by atoms with Gasteiger partial charge in [0.1, 0.15) is 11.9 Å². The molecule has 1 aliphatic heterocycles. The van der Waals surface area contributed by atoms with Crippen molar-refractivity contribution in [3.63, 3.8) is 0 Å². The van der Waals surface area contributed by atoms with Crippen LogP contribution >= 0.6 is 11.6 Å². The zero-order chi connectivity index (χ0) is 11.5. The lowest BCUT2D eigenvalue weighted by Crippen LogP contribution is -2.55. The molecule has 1 aliphatic rings. The predicted octanol–water partition coefficient (Wildman–Crippen LogP) is 2.12. The molecule has 2 rings (SSSR count). The van der Waals surface area contributed by atoms with Gasteiger partial charge in [-0.25, -0.2) is 0 Å². The molecule has 0 radical (unpaired) electrons. The highest BCUT2D eigenvalue weighted by atomic mass is 35.5. The molecule has 0 atom stereocenters. The van der Waals surface area contributed by atoms with E-state index < -0.39 is 0 Å². The lowest BCUT2D eigenvalue weighted by atomic mass is 10.1. The molecule has 0 aliphatic carbocycles. The number of rotatable bonds is 3. The fourth-order valence-corrected chi connectivity index (χ4v) is 1.65. The van der Waals surface area contributed by atoms with E-state index in [9.17, 15) is 4.79 Å². The zero-order valence-corrected chi connectivity index (χ0v) is 9.48. The topological polar surface area (TPSA) is 29.5 Å². The van der Waals surface area contributed by atoms with Crippen molar-refractivity contribution in [3.05, 3.63) is 41.9 Å². The van der Waals surface area contributed by atoms with Gasteiger partial charge in [-0.05, 0) is 30.3 Å². The van der Waals surface area contributed by atoms with Crippen LogP contribution in [0.15, 0.2) is 36.9 Å². The van der Waals surface area contributed by atoms with Gasteiger partial charge >= 0.3 is 0 Å². The molecular weight excluding hydrogens is 226 g/mol. The third kappa shape index (κ3) is 2.36. The first-order chi connectivity index (χ1) is 7.69. The molecule has 0 saturated carbocycles. The third-order valence-electron chi connectivity index (χ3n) is 2.45. The Morgan fingerprint density at radius 3 is 2.62 bits per heavy atom. The Bertz CT molecular complexity index is 396. The smallest absolute Gasteiger partial charge is 0.246 e. The van der Waals surface area contributed by atoms with Crippen LogP contribution in [0.1, 0.15) is 0 Å². The normalized spacial score (nSPS) is 15.4. The highest BCUT2D eigenvalue weighted by Crippen LogP contribution is 2.20. The summed E-state index contributed by atoms with van der Waals surface area (Å²) in [6.45, 7) is 4.67. The van der Waals surface area contributed by atoms with E-state index in [1.54, 1.807) is 17.0 Å². The molecule has 0 bridgehead atoms. The maximum atomic E-state index is 11.2. The maximum absolute atomic E-state index is 11.2. The number of carbonyl (C=O) groups excluding carboxylic acids is 1. The molecule has 1 amide bonds. The minimum atomic E-state index is -0.0454. The minimum Gasteiger partial charge on any atom is -0.487 e.